The highest BCUT2D eigenvalue weighted by Crippen LogP contribution is 2.37. The Kier molecular flexibility index (Phi) is 3.34. The zero-order chi connectivity index (χ0) is 14.1. The molecule has 1 fully saturated rings. The van der Waals surface area contributed by atoms with Gasteiger partial charge in [0.1, 0.15) is 5.69 Å². The molecule has 3 rings (SSSR count). The van der Waals surface area contributed by atoms with E-state index >= 15 is 0 Å². The third-order valence-corrected chi connectivity index (χ3v) is 4.23. The zero-order valence-corrected chi connectivity index (χ0v) is 12.0. The van der Waals surface area contributed by atoms with Crippen molar-refractivity contribution in [2.45, 2.75) is 31.7 Å². The van der Waals surface area contributed by atoms with E-state index in [9.17, 15) is 4.79 Å². The summed E-state index contributed by atoms with van der Waals surface area (Å²) in [5.41, 5.74) is 3.10. The summed E-state index contributed by atoms with van der Waals surface area (Å²) in [5, 5.41) is 7.33. The van der Waals surface area contributed by atoms with E-state index in [-0.39, 0.29) is 5.91 Å². The summed E-state index contributed by atoms with van der Waals surface area (Å²) in [6.07, 6.45) is 7.61. The van der Waals surface area contributed by atoms with Crippen LogP contribution in [0.1, 0.15) is 46.9 Å². The van der Waals surface area contributed by atoms with E-state index in [1.807, 2.05) is 47.9 Å². The van der Waals surface area contributed by atoms with Crippen molar-refractivity contribution >= 4 is 5.91 Å². The van der Waals surface area contributed by atoms with E-state index in [1.54, 1.807) is 0 Å². The Morgan fingerprint density at radius 2 is 2.25 bits per heavy atom. The molecular weight excluding hydrogens is 252 g/mol. The fraction of sp³-hybridized carbons (Fsp3) is 0.467. The second-order valence-electron chi connectivity index (χ2n) is 5.49. The monoisotopic (exact) mass is 272 g/mol. The lowest BCUT2D eigenvalue weighted by Gasteiger charge is -2.25. The molecule has 0 bridgehead atoms. The van der Waals surface area contributed by atoms with Gasteiger partial charge < -0.3 is 9.88 Å². The predicted octanol–water partition coefficient (Wildman–Crippen LogP) is 1.96. The Morgan fingerprint density at radius 1 is 1.45 bits per heavy atom. The number of carbonyl (C=O) groups excluding carboxylic acids is 1. The van der Waals surface area contributed by atoms with Gasteiger partial charge in [0.05, 0.1) is 18.4 Å². The average Bonchev–Trinajstić information content (AvgIpc) is 2.92. The van der Waals surface area contributed by atoms with Gasteiger partial charge in [0, 0.05) is 20.3 Å². The number of nitrogens with zero attached hydrogens (tertiary/aromatic N) is 3. The summed E-state index contributed by atoms with van der Waals surface area (Å²) in [4.78, 5) is 12.1. The number of amides is 1. The van der Waals surface area contributed by atoms with Crippen molar-refractivity contribution in [1.29, 1.82) is 0 Å². The third kappa shape index (κ3) is 2.24. The summed E-state index contributed by atoms with van der Waals surface area (Å²) in [5.74, 6) is 0.587. The largest absolute Gasteiger partial charge is 0.347 e. The van der Waals surface area contributed by atoms with Gasteiger partial charge in [0.2, 0.25) is 0 Å². The molecule has 5 heteroatoms. The predicted molar refractivity (Wildman–Crippen MR) is 76.4 cm³/mol. The molecule has 2 heterocycles. The fourth-order valence-electron chi connectivity index (χ4n) is 2.71. The number of aryl methyl sites for hydroxylation is 2. The molecule has 1 aliphatic rings. The molecule has 1 saturated carbocycles. The molecule has 0 atom stereocenters. The Hall–Kier alpha value is -2.04. The normalized spacial score (nSPS) is 15.1. The SMILES string of the molecule is Cn1cccc1C(=O)NCc1c(C2CCC2)cnn1C. The minimum atomic E-state index is -0.0433. The Morgan fingerprint density at radius 3 is 2.85 bits per heavy atom. The van der Waals surface area contributed by atoms with Gasteiger partial charge in [-0.25, -0.2) is 0 Å². The van der Waals surface area contributed by atoms with Gasteiger partial charge in [-0.05, 0) is 36.5 Å². The van der Waals surface area contributed by atoms with Crippen LogP contribution in [0.2, 0.25) is 0 Å². The second kappa shape index (κ2) is 5.15. The van der Waals surface area contributed by atoms with Gasteiger partial charge in [-0.15, -0.1) is 0 Å². The summed E-state index contributed by atoms with van der Waals surface area (Å²) in [7, 11) is 3.81. The molecule has 0 aromatic carbocycles. The van der Waals surface area contributed by atoms with Crippen LogP contribution >= 0.6 is 0 Å². The maximum absolute atomic E-state index is 12.1. The number of rotatable bonds is 4. The summed E-state index contributed by atoms with van der Waals surface area (Å²) in [6, 6.07) is 3.70. The molecule has 0 saturated heterocycles. The van der Waals surface area contributed by atoms with Gasteiger partial charge in [0.15, 0.2) is 0 Å². The molecule has 20 heavy (non-hydrogen) atoms. The van der Waals surface area contributed by atoms with Crippen molar-refractivity contribution in [3.8, 4) is 0 Å². The minimum Gasteiger partial charge on any atom is -0.347 e. The highest BCUT2D eigenvalue weighted by molar-refractivity contribution is 5.92. The van der Waals surface area contributed by atoms with Gasteiger partial charge in [0.25, 0.3) is 5.91 Å². The quantitative estimate of drug-likeness (QED) is 0.925. The van der Waals surface area contributed by atoms with E-state index in [4.69, 9.17) is 0 Å². The molecular formula is C15H20N4O. The smallest absolute Gasteiger partial charge is 0.268 e. The molecule has 2 aromatic heterocycles. The first-order valence-electron chi connectivity index (χ1n) is 7.07. The lowest BCUT2D eigenvalue weighted by atomic mass is 9.80. The molecule has 1 aliphatic carbocycles. The molecule has 0 radical (unpaired) electrons. The van der Waals surface area contributed by atoms with Crippen LogP contribution in [-0.4, -0.2) is 20.3 Å². The van der Waals surface area contributed by atoms with Gasteiger partial charge in [-0.1, -0.05) is 6.42 Å². The zero-order valence-electron chi connectivity index (χ0n) is 12.0. The van der Waals surface area contributed by atoms with E-state index in [1.165, 1.54) is 24.8 Å². The number of carbonyl (C=O) groups is 1. The van der Waals surface area contributed by atoms with E-state index in [2.05, 4.69) is 10.4 Å². The molecule has 0 unspecified atom stereocenters. The van der Waals surface area contributed by atoms with Crippen LogP contribution < -0.4 is 5.32 Å². The van der Waals surface area contributed by atoms with Crippen molar-refractivity contribution < 1.29 is 4.79 Å². The average molecular weight is 272 g/mol. The first-order chi connectivity index (χ1) is 9.66. The maximum Gasteiger partial charge on any atom is 0.268 e. The second-order valence-corrected chi connectivity index (χ2v) is 5.49. The molecule has 0 aliphatic heterocycles. The maximum atomic E-state index is 12.1. The topological polar surface area (TPSA) is 51.9 Å². The third-order valence-electron chi connectivity index (χ3n) is 4.23. The van der Waals surface area contributed by atoms with E-state index < -0.39 is 0 Å². The fourth-order valence-corrected chi connectivity index (χ4v) is 2.71. The Bertz CT molecular complexity index is 622. The first kappa shape index (κ1) is 13.0. The van der Waals surface area contributed by atoms with Crippen molar-refractivity contribution in [1.82, 2.24) is 19.7 Å². The lowest BCUT2D eigenvalue weighted by Crippen LogP contribution is -2.27. The van der Waals surface area contributed by atoms with E-state index in [0.717, 1.165) is 5.69 Å². The molecule has 0 spiro atoms. The van der Waals surface area contributed by atoms with Crippen LogP contribution in [0.3, 0.4) is 0 Å². The van der Waals surface area contributed by atoms with Crippen LogP contribution in [0.4, 0.5) is 0 Å². The summed E-state index contributed by atoms with van der Waals surface area (Å²) >= 11 is 0. The highest BCUT2D eigenvalue weighted by Gasteiger charge is 2.24. The first-order valence-corrected chi connectivity index (χ1v) is 7.07. The van der Waals surface area contributed by atoms with Crippen molar-refractivity contribution in [2.24, 2.45) is 14.1 Å². The van der Waals surface area contributed by atoms with Crippen LogP contribution in [0.5, 0.6) is 0 Å². The molecule has 106 valence electrons. The summed E-state index contributed by atoms with van der Waals surface area (Å²) < 4.78 is 3.70. The van der Waals surface area contributed by atoms with Gasteiger partial charge >= 0.3 is 0 Å². The van der Waals surface area contributed by atoms with Gasteiger partial charge in [-0.2, -0.15) is 5.10 Å². The Labute approximate surface area is 118 Å². The highest BCUT2D eigenvalue weighted by atomic mass is 16.1. The van der Waals surface area contributed by atoms with Crippen LogP contribution in [0, 0.1) is 0 Å². The number of nitrogens with one attached hydrogen (secondary N) is 1. The molecule has 2 aromatic rings. The molecule has 1 N–H and O–H groups in total. The standard InChI is InChI=1S/C15H20N4O/c1-18-8-4-7-13(18)15(20)16-10-14-12(9-17-19(14)2)11-5-3-6-11/h4,7-9,11H,3,5-6,10H2,1-2H3,(H,16,20). The Balaban J connectivity index is 1.71. The van der Waals surface area contributed by atoms with Crippen molar-refractivity contribution in [3.05, 3.63) is 41.5 Å². The minimum absolute atomic E-state index is 0.0433. The van der Waals surface area contributed by atoms with Crippen molar-refractivity contribution in [2.75, 3.05) is 0 Å². The number of aromatic nitrogens is 3. The number of hydrogen-bond acceptors (Lipinski definition) is 2. The number of hydrogen-bond donors (Lipinski definition) is 1. The lowest BCUT2D eigenvalue weighted by molar-refractivity contribution is 0.0941. The summed E-state index contributed by atoms with van der Waals surface area (Å²) in [6.45, 7) is 0.534. The molecule has 1 amide bonds. The molecule has 5 nitrogen and oxygen atoms in total. The van der Waals surface area contributed by atoms with Crippen molar-refractivity contribution in [3.63, 3.8) is 0 Å². The van der Waals surface area contributed by atoms with Crippen LogP contribution in [0.25, 0.3) is 0 Å². The van der Waals surface area contributed by atoms with Crippen LogP contribution in [-0.2, 0) is 20.6 Å². The van der Waals surface area contributed by atoms with Gasteiger partial charge in [-0.3, -0.25) is 9.48 Å². The van der Waals surface area contributed by atoms with E-state index in [0.29, 0.717) is 18.2 Å². The van der Waals surface area contributed by atoms with Crippen LogP contribution in [0.15, 0.2) is 24.5 Å².